The van der Waals surface area contributed by atoms with E-state index in [0.717, 1.165) is 37.4 Å². The number of likely N-dealkylation sites (tertiary alicyclic amines) is 1. The Hall–Kier alpha value is -2.11. The van der Waals surface area contributed by atoms with E-state index in [1.54, 1.807) is 12.1 Å². The Morgan fingerprint density at radius 3 is 2.50 bits per heavy atom. The van der Waals surface area contributed by atoms with Crippen LogP contribution in [-0.2, 0) is 11.3 Å². The number of nitrogens with one attached hydrogen (secondary N) is 1. The van der Waals surface area contributed by atoms with Crippen LogP contribution in [0.4, 0.5) is 10.1 Å². The zero-order valence-electron chi connectivity index (χ0n) is 16.3. The van der Waals surface area contributed by atoms with E-state index in [0.29, 0.717) is 17.1 Å². The predicted molar refractivity (Wildman–Crippen MR) is 110 cm³/mol. The standard InChI is InChI=1S/C22H26ClFN2O2/c1-15(2)28-18-8-6-17(7-9-18)25-22(27)16-10-12-26(13-11-16)14-19-20(23)4-3-5-21(19)24/h3-9,15-16H,10-14H2,1-2H3,(H,25,27). The summed E-state index contributed by atoms with van der Waals surface area (Å²) in [6, 6.07) is 12.2. The number of halogens is 2. The molecule has 0 aliphatic carbocycles. The van der Waals surface area contributed by atoms with Crippen LogP contribution < -0.4 is 10.1 Å². The molecule has 0 unspecified atom stereocenters. The van der Waals surface area contributed by atoms with E-state index in [4.69, 9.17) is 16.3 Å². The molecule has 0 atom stereocenters. The lowest BCUT2D eigenvalue weighted by Crippen LogP contribution is -2.38. The van der Waals surface area contributed by atoms with Gasteiger partial charge in [-0.2, -0.15) is 0 Å². The van der Waals surface area contributed by atoms with Crippen molar-refractivity contribution in [3.63, 3.8) is 0 Å². The summed E-state index contributed by atoms with van der Waals surface area (Å²) in [6.07, 6.45) is 1.60. The molecule has 4 nitrogen and oxygen atoms in total. The minimum atomic E-state index is -0.280. The van der Waals surface area contributed by atoms with E-state index < -0.39 is 0 Å². The van der Waals surface area contributed by atoms with Gasteiger partial charge in [0.05, 0.1) is 6.10 Å². The molecule has 1 saturated heterocycles. The first-order valence-electron chi connectivity index (χ1n) is 9.65. The van der Waals surface area contributed by atoms with Crippen molar-refractivity contribution in [3.05, 3.63) is 58.9 Å². The van der Waals surface area contributed by atoms with Gasteiger partial charge < -0.3 is 10.1 Å². The van der Waals surface area contributed by atoms with E-state index in [1.165, 1.54) is 6.07 Å². The van der Waals surface area contributed by atoms with Crippen LogP contribution in [0.3, 0.4) is 0 Å². The summed E-state index contributed by atoms with van der Waals surface area (Å²) < 4.78 is 19.6. The third-order valence-corrected chi connectivity index (χ3v) is 5.25. The Labute approximate surface area is 170 Å². The fraction of sp³-hybridized carbons (Fsp3) is 0.409. The van der Waals surface area contributed by atoms with Crippen LogP contribution in [0, 0.1) is 11.7 Å². The highest BCUT2D eigenvalue weighted by Crippen LogP contribution is 2.25. The highest BCUT2D eigenvalue weighted by Gasteiger charge is 2.26. The number of benzene rings is 2. The molecule has 150 valence electrons. The molecule has 1 heterocycles. The monoisotopic (exact) mass is 404 g/mol. The van der Waals surface area contributed by atoms with E-state index >= 15 is 0 Å². The maximum Gasteiger partial charge on any atom is 0.227 e. The molecule has 0 radical (unpaired) electrons. The van der Waals surface area contributed by atoms with Gasteiger partial charge in [0.2, 0.25) is 5.91 Å². The minimum Gasteiger partial charge on any atom is -0.491 e. The molecule has 1 N–H and O–H groups in total. The van der Waals surface area contributed by atoms with Crippen molar-refractivity contribution in [2.45, 2.75) is 39.3 Å². The van der Waals surface area contributed by atoms with Gasteiger partial charge in [0, 0.05) is 28.7 Å². The second-order valence-corrected chi connectivity index (χ2v) is 7.84. The van der Waals surface area contributed by atoms with Crippen LogP contribution in [0.1, 0.15) is 32.3 Å². The third-order valence-electron chi connectivity index (χ3n) is 4.90. The maximum absolute atomic E-state index is 14.0. The molecule has 1 aliphatic rings. The fourth-order valence-electron chi connectivity index (χ4n) is 3.39. The van der Waals surface area contributed by atoms with Gasteiger partial charge in [-0.15, -0.1) is 0 Å². The number of ether oxygens (including phenoxy) is 1. The Morgan fingerprint density at radius 1 is 1.21 bits per heavy atom. The van der Waals surface area contributed by atoms with Gasteiger partial charge in [0.25, 0.3) is 0 Å². The van der Waals surface area contributed by atoms with Crippen molar-refractivity contribution in [1.29, 1.82) is 0 Å². The van der Waals surface area contributed by atoms with Crippen LogP contribution in [-0.4, -0.2) is 30.0 Å². The van der Waals surface area contributed by atoms with Gasteiger partial charge >= 0.3 is 0 Å². The molecule has 6 heteroatoms. The van der Waals surface area contributed by atoms with Crippen molar-refractivity contribution in [1.82, 2.24) is 4.90 Å². The molecule has 1 amide bonds. The lowest BCUT2D eigenvalue weighted by molar-refractivity contribution is -0.121. The average Bonchev–Trinajstić information content (AvgIpc) is 2.66. The average molecular weight is 405 g/mol. The predicted octanol–water partition coefficient (Wildman–Crippen LogP) is 5.12. The molecule has 2 aromatic carbocycles. The van der Waals surface area contributed by atoms with Gasteiger partial charge in [-0.1, -0.05) is 17.7 Å². The van der Waals surface area contributed by atoms with E-state index in [9.17, 15) is 9.18 Å². The first-order valence-corrected chi connectivity index (χ1v) is 10.0. The first-order chi connectivity index (χ1) is 13.4. The second-order valence-electron chi connectivity index (χ2n) is 7.43. The van der Waals surface area contributed by atoms with Gasteiger partial charge in [0.15, 0.2) is 0 Å². The highest BCUT2D eigenvalue weighted by molar-refractivity contribution is 6.31. The van der Waals surface area contributed by atoms with Crippen molar-refractivity contribution in [2.24, 2.45) is 5.92 Å². The smallest absolute Gasteiger partial charge is 0.227 e. The van der Waals surface area contributed by atoms with Crippen LogP contribution in [0.15, 0.2) is 42.5 Å². The molecule has 2 aromatic rings. The number of carbonyl (C=O) groups is 1. The topological polar surface area (TPSA) is 41.6 Å². The number of hydrogen-bond donors (Lipinski definition) is 1. The van der Waals surface area contributed by atoms with Crippen LogP contribution in [0.25, 0.3) is 0 Å². The summed E-state index contributed by atoms with van der Waals surface area (Å²) in [6.45, 7) is 5.90. The zero-order valence-corrected chi connectivity index (χ0v) is 17.0. The van der Waals surface area contributed by atoms with Crippen molar-refractivity contribution < 1.29 is 13.9 Å². The molecule has 1 fully saturated rings. The Bertz CT molecular complexity index is 782. The number of anilines is 1. The van der Waals surface area contributed by atoms with Gasteiger partial charge in [-0.3, -0.25) is 9.69 Å². The van der Waals surface area contributed by atoms with E-state index in [-0.39, 0.29) is 23.7 Å². The summed E-state index contributed by atoms with van der Waals surface area (Å²) in [5, 5.41) is 3.43. The number of rotatable bonds is 6. The molecular formula is C22H26ClFN2O2. The number of hydrogen-bond acceptors (Lipinski definition) is 3. The fourth-order valence-corrected chi connectivity index (χ4v) is 3.62. The van der Waals surface area contributed by atoms with Gasteiger partial charge in [0.1, 0.15) is 11.6 Å². The van der Waals surface area contributed by atoms with E-state index in [1.807, 2.05) is 38.1 Å². The lowest BCUT2D eigenvalue weighted by atomic mass is 9.95. The summed E-state index contributed by atoms with van der Waals surface area (Å²) in [7, 11) is 0. The van der Waals surface area contributed by atoms with E-state index in [2.05, 4.69) is 10.2 Å². The summed E-state index contributed by atoms with van der Waals surface area (Å²) >= 11 is 6.12. The Balaban J connectivity index is 1.50. The number of carbonyl (C=O) groups excluding carboxylic acids is 1. The number of nitrogens with zero attached hydrogens (tertiary/aromatic N) is 1. The van der Waals surface area contributed by atoms with Crippen LogP contribution in [0.5, 0.6) is 5.75 Å². The molecule has 3 rings (SSSR count). The summed E-state index contributed by atoms with van der Waals surface area (Å²) in [4.78, 5) is 14.7. The SMILES string of the molecule is CC(C)Oc1ccc(NC(=O)C2CCN(Cc3c(F)cccc3Cl)CC2)cc1. The minimum absolute atomic E-state index is 0.0288. The molecule has 0 spiro atoms. The third kappa shape index (κ3) is 5.46. The quantitative estimate of drug-likeness (QED) is 0.726. The normalized spacial score (nSPS) is 15.6. The number of piperidine rings is 1. The molecule has 0 bridgehead atoms. The van der Waals surface area contributed by atoms with Crippen molar-refractivity contribution in [2.75, 3.05) is 18.4 Å². The highest BCUT2D eigenvalue weighted by atomic mass is 35.5. The summed E-state index contributed by atoms with van der Waals surface area (Å²) in [5.74, 6) is 0.491. The summed E-state index contributed by atoms with van der Waals surface area (Å²) in [5.41, 5.74) is 1.29. The molecular weight excluding hydrogens is 379 g/mol. The zero-order chi connectivity index (χ0) is 20.1. The first kappa shape index (κ1) is 20.6. The second kappa shape index (κ2) is 9.39. The lowest BCUT2D eigenvalue weighted by Gasteiger charge is -2.31. The Kier molecular flexibility index (Phi) is 6.92. The van der Waals surface area contributed by atoms with Gasteiger partial charge in [-0.25, -0.2) is 4.39 Å². The van der Waals surface area contributed by atoms with Crippen molar-refractivity contribution >= 4 is 23.2 Å². The largest absolute Gasteiger partial charge is 0.491 e. The maximum atomic E-state index is 14.0. The van der Waals surface area contributed by atoms with Gasteiger partial charge in [-0.05, 0) is 76.2 Å². The Morgan fingerprint density at radius 2 is 1.89 bits per heavy atom. The van der Waals surface area contributed by atoms with Crippen molar-refractivity contribution in [3.8, 4) is 5.75 Å². The molecule has 0 aromatic heterocycles. The van der Waals surface area contributed by atoms with Crippen LogP contribution in [0.2, 0.25) is 5.02 Å². The number of amides is 1. The van der Waals surface area contributed by atoms with Crippen LogP contribution >= 0.6 is 11.6 Å². The molecule has 0 saturated carbocycles. The molecule has 28 heavy (non-hydrogen) atoms. The molecule has 1 aliphatic heterocycles.